The largest absolute Gasteiger partial charge is 0.472 e. The summed E-state index contributed by atoms with van der Waals surface area (Å²) in [6.07, 6.45) is 7.53. The molecule has 2 atom stereocenters. The highest BCUT2D eigenvalue weighted by molar-refractivity contribution is 5.13. The van der Waals surface area contributed by atoms with Gasteiger partial charge in [-0.3, -0.25) is 11.3 Å². The normalized spacial score (nSPS) is 28.4. The minimum absolute atomic E-state index is 0.00000236. The number of hydrazine groups is 1. The molecule has 0 aromatic carbocycles. The zero-order chi connectivity index (χ0) is 13.1. The summed E-state index contributed by atoms with van der Waals surface area (Å²) in [4.78, 5) is 0. The fraction of sp³-hybridized carbons (Fsp3) is 0.714. The second-order valence-corrected chi connectivity index (χ2v) is 5.60. The molecule has 2 unspecified atom stereocenters. The van der Waals surface area contributed by atoms with Crippen molar-refractivity contribution in [1.82, 2.24) is 5.43 Å². The molecule has 106 valence electrons. The fourth-order valence-corrected chi connectivity index (χ4v) is 3.40. The van der Waals surface area contributed by atoms with Crippen LogP contribution in [0.25, 0.3) is 0 Å². The highest BCUT2D eigenvalue weighted by atomic mass is 16.5. The molecule has 2 aliphatic rings. The van der Waals surface area contributed by atoms with Gasteiger partial charge in [0.25, 0.3) is 0 Å². The summed E-state index contributed by atoms with van der Waals surface area (Å²) in [5, 5.41) is 0. The van der Waals surface area contributed by atoms with Crippen LogP contribution in [-0.4, -0.2) is 25.4 Å². The van der Waals surface area contributed by atoms with Crippen LogP contribution in [0.1, 0.15) is 37.3 Å². The molecule has 2 saturated heterocycles. The second-order valence-electron chi connectivity index (χ2n) is 5.60. The maximum Gasteiger partial charge on any atom is 0.0950 e. The summed E-state index contributed by atoms with van der Waals surface area (Å²) in [5.74, 6) is 6.24. The van der Waals surface area contributed by atoms with E-state index in [1.807, 2.05) is 6.07 Å². The van der Waals surface area contributed by atoms with E-state index in [0.29, 0.717) is 5.92 Å². The van der Waals surface area contributed by atoms with E-state index in [2.05, 4.69) is 5.43 Å². The zero-order valence-corrected chi connectivity index (χ0v) is 11.1. The first-order valence-corrected chi connectivity index (χ1v) is 7.03. The van der Waals surface area contributed by atoms with Crippen molar-refractivity contribution in [2.75, 3.05) is 19.8 Å². The number of hydrogen-bond acceptors (Lipinski definition) is 5. The van der Waals surface area contributed by atoms with Crippen LogP contribution in [0.2, 0.25) is 0 Å². The van der Waals surface area contributed by atoms with E-state index < -0.39 is 0 Å². The molecule has 0 radical (unpaired) electrons. The maximum atomic E-state index is 6.08. The molecule has 1 aromatic rings. The van der Waals surface area contributed by atoms with Crippen molar-refractivity contribution in [2.24, 2.45) is 11.8 Å². The quantitative estimate of drug-likeness (QED) is 0.644. The van der Waals surface area contributed by atoms with Gasteiger partial charge in [-0.2, -0.15) is 0 Å². The van der Waals surface area contributed by atoms with Crippen LogP contribution in [-0.2, 0) is 9.47 Å². The van der Waals surface area contributed by atoms with Crippen LogP contribution in [0.5, 0.6) is 0 Å². The average molecular weight is 266 g/mol. The Labute approximate surface area is 113 Å². The van der Waals surface area contributed by atoms with Crippen molar-refractivity contribution in [1.29, 1.82) is 0 Å². The van der Waals surface area contributed by atoms with E-state index in [9.17, 15) is 0 Å². The first kappa shape index (κ1) is 13.1. The van der Waals surface area contributed by atoms with Crippen LogP contribution in [0.3, 0.4) is 0 Å². The molecule has 2 fully saturated rings. The van der Waals surface area contributed by atoms with Crippen LogP contribution in [0.15, 0.2) is 23.0 Å². The molecule has 5 heteroatoms. The molecule has 1 spiro atoms. The Morgan fingerprint density at radius 1 is 1.32 bits per heavy atom. The van der Waals surface area contributed by atoms with E-state index in [1.54, 1.807) is 12.5 Å². The van der Waals surface area contributed by atoms with Gasteiger partial charge in [-0.25, -0.2) is 0 Å². The third kappa shape index (κ3) is 2.69. The lowest BCUT2D eigenvalue weighted by Crippen LogP contribution is -2.47. The molecule has 0 aliphatic carbocycles. The molecule has 3 N–H and O–H groups in total. The molecule has 5 nitrogen and oxygen atoms in total. The Morgan fingerprint density at radius 2 is 2.16 bits per heavy atom. The highest BCUT2D eigenvalue weighted by Gasteiger charge is 2.41. The smallest absolute Gasteiger partial charge is 0.0950 e. The van der Waals surface area contributed by atoms with Crippen LogP contribution >= 0.6 is 0 Å². The zero-order valence-electron chi connectivity index (χ0n) is 11.1. The lowest BCUT2D eigenvalue weighted by Gasteiger charge is -2.45. The topological polar surface area (TPSA) is 69.7 Å². The third-order valence-corrected chi connectivity index (χ3v) is 4.49. The molecule has 0 saturated carbocycles. The maximum absolute atomic E-state index is 6.08. The number of rotatable bonds is 3. The van der Waals surface area contributed by atoms with Crippen molar-refractivity contribution in [3.63, 3.8) is 0 Å². The lowest BCUT2D eigenvalue weighted by atomic mass is 9.77. The third-order valence-electron chi connectivity index (χ3n) is 4.49. The number of hydrogen-bond donors (Lipinski definition) is 2. The number of nitrogens with two attached hydrogens (primary N) is 1. The van der Waals surface area contributed by atoms with Gasteiger partial charge >= 0.3 is 0 Å². The van der Waals surface area contributed by atoms with E-state index in [-0.39, 0.29) is 11.6 Å². The minimum Gasteiger partial charge on any atom is -0.472 e. The van der Waals surface area contributed by atoms with Crippen LogP contribution in [0.4, 0.5) is 0 Å². The van der Waals surface area contributed by atoms with Crippen molar-refractivity contribution in [3.05, 3.63) is 24.2 Å². The summed E-state index contributed by atoms with van der Waals surface area (Å²) < 4.78 is 16.7. The summed E-state index contributed by atoms with van der Waals surface area (Å²) in [6, 6.07) is 2.12. The molecule has 3 heterocycles. The molecule has 2 aliphatic heterocycles. The van der Waals surface area contributed by atoms with Crippen LogP contribution < -0.4 is 11.3 Å². The van der Waals surface area contributed by atoms with Gasteiger partial charge in [-0.1, -0.05) is 0 Å². The van der Waals surface area contributed by atoms with E-state index in [0.717, 1.165) is 51.1 Å². The summed E-state index contributed by atoms with van der Waals surface area (Å²) >= 11 is 0. The molecular weight excluding hydrogens is 244 g/mol. The molecule has 1 aromatic heterocycles. The molecule has 0 amide bonds. The molecular formula is C14H22N2O3. The number of ether oxygens (including phenoxy) is 2. The van der Waals surface area contributed by atoms with Gasteiger partial charge in [0.05, 0.1) is 24.2 Å². The Balaban J connectivity index is 1.73. The summed E-state index contributed by atoms with van der Waals surface area (Å²) in [7, 11) is 0. The first-order chi connectivity index (χ1) is 9.33. The standard InChI is InChI=1S/C14H22N2O3/c15-16-13(12-1-5-18-10-12)11-2-6-19-14(9-11)3-7-17-8-4-14/h1,5,10-11,13,16H,2-4,6-9,15H2. The number of nitrogens with one attached hydrogen (secondary N) is 1. The number of furan rings is 1. The Bertz CT molecular complexity index is 382. The van der Waals surface area contributed by atoms with Crippen molar-refractivity contribution >= 4 is 0 Å². The van der Waals surface area contributed by atoms with Gasteiger partial charge in [-0.15, -0.1) is 0 Å². The van der Waals surface area contributed by atoms with Gasteiger partial charge < -0.3 is 13.9 Å². The monoisotopic (exact) mass is 266 g/mol. The predicted molar refractivity (Wildman–Crippen MR) is 70.2 cm³/mol. The van der Waals surface area contributed by atoms with Gasteiger partial charge in [0, 0.05) is 25.4 Å². The average Bonchev–Trinajstić information content (AvgIpc) is 2.95. The Hall–Kier alpha value is -0.880. The van der Waals surface area contributed by atoms with Crippen molar-refractivity contribution in [2.45, 2.75) is 37.3 Å². The van der Waals surface area contributed by atoms with Gasteiger partial charge in [-0.05, 0) is 37.7 Å². The van der Waals surface area contributed by atoms with E-state index in [4.69, 9.17) is 19.7 Å². The fourth-order valence-electron chi connectivity index (χ4n) is 3.40. The predicted octanol–water partition coefficient (Wildman–Crippen LogP) is 1.76. The molecule has 0 bridgehead atoms. The van der Waals surface area contributed by atoms with Crippen molar-refractivity contribution < 1.29 is 13.9 Å². The molecule has 19 heavy (non-hydrogen) atoms. The first-order valence-electron chi connectivity index (χ1n) is 7.03. The molecule has 3 rings (SSSR count). The van der Waals surface area contributed by atoms with Crippen molar-refractivity contribution in [3.8, 4) is 0 Å². The lowest BCUT2D eigenvalue weighted by molar-refractivity contribution is -0.150. The highest BCUT2D eigenvalue weighted by Crippen LogP contribution is 2.41. The van der Waals surface area contributed by atoms with Gasteiger partial charge in [0.2, 0.25) is 0 Å². The summed E-state index contributed by atoms with van der Waals surface area (Å²) in [5.41, 5.74) is 4.07. The SMILES string of the molecule is NNC(c1ccoc1)C1CCOC2(CCOCC2)C1. The summed E-state index contributed by atoms with van der Waals surface area (Å²) in [6.45, 7) is 2.42. The van der Waals surface area contributed by atoms with Gasteiger partial charge in [0.1, 0.15) is 0 Å². The van der Waals surface area contributed by atoms with E-state index >= 15 is 0 Å². The minimum atomic E-state index is 0.00000236. The van der Waals surface area contributed by atoms with Gasteiger partial charge in [0.15, 0.2) is 0 Å². The second kappa shape index (κ2) is 5.63. The Morgan fingerprint density at radius 3 is 2.84 bits per heavy atom. The van der Waals surface area contributed by atoms with Crippen LogP contribution in [0, 0.1) is 5.92 Å². The van der Waals surface area contributed by atoms with E-state index in [1.165, 1.54) is 0 Å². The Kier molecular flexibility index (Phi) is 3.88.